The second-order valence-electron chi connectivity index (χ2n) is 8.52. The molecule has 0 N–H and O–H groups in total. The van der Waals surface area contributed by atoms with Gasteiger partial charge in [-0.05, 0) is 55.5 Å². The molecule has 1 aliphatic heterocycles. The van der Waals surface area contributed by atoms with E-state index >= 15 is 0 Å². The van der Waals surface area contributed by atoms with Crippen LogP contribution in [0.15, 0.2) is 73.1 Å². The molecule has 0 spiro atoms. The van der Waals surface area contributed by atoms with E-state index in [2.05, 4.69) is 4.98 Å². The van der Waals surface area contributed by atoms with E-state index < -0.39 is 5.82 Å². The third-order valence-electron chi connectivity index (χ3n) is 6.14. The highest BCUT2D eigenvalue weighted by molar-refractivity contribution is 5.95. The number of carbonyl (C=O) groups excluding carboxylic acids is 2. The van der Waals surface area contributed by atoms with E-state index in [1.807, 2.05) is 46.0 Å². The van der Waals surface area contributed by atoms with Crippen molar-refractivity contribution in [1.82, 2.24) is 14.3 Å². The minimum atomic E-state index is -0.423. The molecule has 1 fully saturated rings. The molecule has 35 heavy (non-hydrogen) atoms. The molecular formula is C27H25FN4O3. The lowest BCUT2D eigenvalue weighted by molar-refractivity contribution is 0.0746. The van der Waals surface area contributed by atoms with E-state index in [1.165, 1.54) is 13.0 Å². The summed E-state index contributed by atoms with van der Waals surface area (Å²) in [5.74, 6) is -0.0854. The number of hydrogen-bond donors (Lipinski definition) is 0. The number of ketones is 1. The number of amides is 1. The van der Waals surface area contributed by atoms with E-state index in [9.17, 15) is 14.0 Å². The molecule has 0 bridgehead atoms. The van der Waals surface area contributed by atoms with Crippen molar-refractivity contribution >= 4 is 23.0 Å². The van der Waals surface area contributed by atoms with Crippen LogP contribution in [-0.2, 0) is 6.61 Å². The minimum Gasteiger partial charge on any atom is -0.487 e. The monoisotopic (exact) mass is 472 g/mol. The number of benzene rings is 2. The van der Waals surface area contributed by atoms with Gasteiger partial charge >= 0.3 is 0 Å². The maximum absolute atomic E-state index is 14.5. The molecule has 7 nitrogen and oxygen atoms in total. The van der Waals surface area contributed by atoms with Crippen LogP contribution in [0.4, 0.5) is 10.1 Å². The molecule has 8 heteroatoms. The van der Waals surface area contributed by atoms with E-state index in [0.29, 0.717) is 55.3 Å². The summed E-state index contributed by atoms with van der Waals surface area (Å²) in [4.78, 5) is 32.8. The molecule has 5 rings (SSSR count). The summed E-state index contributed by atoms with van der Waals surface area (Å²) < 4.78 is 22.3. The Bertz CT molecular complexity index is 1360. The molecular weight excluding hydrogens is 447 g/mol. The normalized spacial score (nSPS) is 13.8. The van der Waals surface area contributed by atoms with Crippen molar-refractivity contribution in [3.05, 3.63) is 95.7 Å². The number of halogens is 1. The summed E-state index contributed by atoms with van der Waals surface area (Å²) in [6.45, 7) is 3.67. The van der Waals surface area contributed by atoms with Crippen molar-refractivity contribution in [1.29, 1.82) is 0 Å². The maximum Gasteiger partial charge on any atom is 0.254 e. The zero-order valence-corrected chi connectivity index (χ0v) is 19.4. The molecule has 2 aromatic heterocycles. The summed E-state index contributed by atoms with van der Waals surface area (Å²) in [7, 11) is 0. The largest absolute Gasteiger partial charge is 0.487 e. The van der Waals surface area contributed by atoms with Gasteiger partial charge in [0.1, 0.15) is 23.8 Å². The van der Waals surface area contributed by atoms with E-state index in [4.69, 9.17) is 4.74 Å². The lowest BCUT2D eigenvalue weighted by Crippen LogP contribution is -2.49. The van der Waals surface area contributed by atoms with Gasteiger partial charge in [-0.3, -0.25) is 9.59 Å². The molecule has 3 heterocycles. The van der Waals surface area contributed by atoms with Crippen LogP contribution < -0.4 is 9.64 Å². The predicted octanol–water partition coefficient (Wildman–Crippen LogP) is 4.22. The lowest BCUT2D eigenvalue weighted by atomic mass is 10.1. The van der Waals surface area contributed by atoms with Crippen LogP contribution in [0.25, 0.3) is 5.65 Å². The maximum atomic E-state index is 14.5. The predicted molar refractivity (Wildman–Crippen MR) is 130 cm³/mol. The summed E-state index contributed by atoms with van der Waals surface area (Å²) in [6.07, 6.45) is 3.85. The number of hydrogen-bond acceptors (Lipinski definition) is 5. The van der Waals surface area contributed by atoms with Crippen molar-refractivity contribution < 1.29 is 18.7 Å². The first-order valence-electron chi connectivity index (χ1n) is 11.5. The Hall–Kier alpha value is -4.20. The van der Waals surface area contributed by atoms with Crippen molar-refractivity contribution in [2.24, 2.45) is 0 Å². The van der Waals surface area contributed by atoms with Crippen molar-refractivity contribution in [3.63, 3.8) is 0 Å². The minimum absolute atomic E-state index is 0.0878. The van der Waals surface area contributed by atoms with Crippen LogP contribution in [0.3, 0.4) is 0 Å². The Balaban J connectivity index is 1.20. The van der Waals surface area contributed by atoms with Crippen molar-refractivity contribution in [2.75, 3.05) is 31.1 Å². The number of nitrogens with zero attached hydrogens (tertiary/aromatic N) is 4. The highest BCUT2D eigenvalue weighted by Gasteiger charge is 2.24. The summed E-state index contributed by atoms with van der Waals surface area (Å²) >= 11 is 0. The fourth-order valence-corrected chi connectivity index (χ4v) is 4.25. The Kier molecular flexibility index (Phi) is 6.18. The Morgan fingerprint density at radius 3 is 2.54 bits per heavy atom. The second kappa shape index (κ2) is 9.58. The zero-order valence-electron chi connectivity index (χ0n) is 19.4. The van der Waals surface area contributed by atoms with Gasteiger partial charge in [0.15, 0.2) is 5.78 Å². The van der Waals surface area contributed by atoms with Crippen LogP contribution in [0.2, 0.25) is 0 Å². The Labute approximate surface area is 202 Å². The number of aromatic nitrogens is 2. The smallest absolute Gasteiger partial charge is 0.254 e. The van der Waals surface area contributed by atoms with E-state index in [-0.39, 0.29) is 11.7 Å². The first-order chi connectivity index (χ1) is 17.0. The number of pyridine rings is 1. The van der Waals surface area contributed by atoms with Gasteiger partial charge in [0.25, 0.3) is 5.91 Å². The molecule has 0 unspecified atom stereocenters. The second-order valence-corrected chi connectivity index (χ2v) is 8.52. The fraction of sp³-hybridized carbons (Fsp3) is 0.222. The van der Waals surface area contributed by atoms with Gasteiger partial charge in [0.05, 0.1) is 11.4 Å². The Morgan fingerprint density at radius 1 is 0.971 bits per heavy atom. The quantitative estimate of drug-likeness (QED) is 0.393. The van der Waals surface area contributed by atoms with Crippen molar-refractivity contribution in [3.8, 4) is 5.75 Å². The van der Waals surface area contributed by atoms with Gasteiger partial charge in [-0.2, -0.15) is 0 Å². The summed E-state index contributed by atoms with van der Waals surface area (Å²) in [5, 5.41) is 0. The number of piperazine rings is 1. The van der Waals surface area contributed by atoms with Gasteiger partial charge < -0.3 is 18.9 Å². The SMILES string of the molecule is CC(=O)c1ccc(N2CCN(C(=O)c3cccc(OCc4cn5ccccc5n4)c3)CC2)c(F)c1. The number of fused-ring (bicyclic) bond motifs is 1. The molecule has 1 amide bonds. The summed E-state index contributed by atoms with van der Waals surface area (Å²) in [6, 6.07) is 17.5. The molecule has 0 atom stereocenters. The first kappa shape index (κ1) is 22.6. The number of Topliss-reactive ketones (excluding diaryl/α,β-unsaturated/α-hetero) is 1. The zero-order chi connectivity index (χ0) is 24.4. The number of ether oxygens (including phenoxy) is 1. The Morgan fingerprint density at radius 2 is 1.80 bits per heavy atom. The molecule has 0 saturated carbocycles. The highest BCUT2D eigenvalue weighted by atomic mass is 19.1. The van der Waals surface area contributed by atoms with Gasteiger partial charge in [0, 0.05) is 49.7 Å². The third-order valence-corrected chi connectivity index (χ3v) is 6.14. The standard InChI is InChI=1S/C27H25FN4O3/c1-19(33)20-8-9-25(24(28)16-20)30-11-13-31(14-12-30)27(34)21-5-4-6-23(15-21)35-18-22-17-32-10-3-2-7-26(32)29-22/h2-10,15-17H,11-14,18H2,1H3. The highest BCUT2D eigenvalue weighted by Crippen LogP contribution is 2.23. The molecule has 0 radical (unpaired) electrons. The average Bonchev–Trinajstić information content (AvgIpc) is 3.30. The van der Waals surface area contributed by atoms with E-state index in [1.54, 1.807) is 35.2 Å². The van der Waals surface area contributed by atoms with Crippen LogP contribution in [0.5, 0.6) is 5.75 Å². The van der Waals surface area contributed by atoms with Gasteiger partial charge in [-0.1, -0.05) is 12.1 Å². The molecule has 1 saturated heterocycles. The number of imidazole rings is 1. The van der Waals surface area contributed by atoms with Crippen LogP contribution in [0, 0.1) is 5.82 Å². The average molecular weight is 473 g/mol. The third kappa shape index (κ3) is 4.87. The first-order valence-corrected chi connectivity index (χ1v) is 11.5. The van der Waals surface area contributed by atoms with Gasteiger partial charge in [-0.25, -0.2) is 9.37 Å². The molecule has 1 aliphatic rings. The summed E-state index contributed by atoms with van der Waals surface area (Å²) in [5.41, 5.74) is 2.99. The van der Waals surface area contributed by atoms with Crippen LogP contribution in [-0.4, -0.2) is 52.2 Å². The van der Waals surface area contributed by atoms with Crippen molar-refractivity contribution in [2.45, 2.75) is 13.5 Å². The topological polar surface area (TPSA) is 67.2 Å². The number of anilines is 1. The molecule has 2 aromatic carbocycles. The lowest BCUT2D eigenvalue weighted by Gasteiger charge is -2.36. The number of rotatable bonds is 6. The van der Waals surface area contributed by atoms with E-state index in [0.717, 1.165) is 11.3 Å². The molecule has 0 aliphatic carbocycles. The molecule has 4 aromatic rings. The number of carbonyl (C=O) groups is 2. The van der Waals surface area contributed by atoms with Crippen LogP contribution in [0.1, 0.15) is 33.3 Å². The van der Waals surface area contributed by atoms with Gasteiger partial charge in [-0.15, -0.1) is 0 Å². The van der Waals surface area contributed by atoms with Gasteiger partial charge in [0.2, 0.25) is 0 Å². The fourth-order valence-electron chi connectivity index (χ4n) is 4.25. The van der Waals surface area contributed by atoms with Crippen LogP contribution >= 0.6 is 0 Å². The molecule has 178 valence electrons.